The summed E-state index contributed by atoms with van der Waals surface area (Å²) in [7, 11) is 0. The number of hydrogen-bond acceptors (Lipinski definition) is 3. The molecule has 0 aromatic rings. The molecule has 0 rings (SSSR count). The zero-order valence-electron chi connectivity index (χ0n) is 11.8. The maximum Gasteiger partial charge on any atom is 0.319 e. The molecule has 4 heteroatoms. The average molecular weight is 339 g/mol. The molecule has 0 saturated carbocycles. The summed E-state index contributed by atoms with van der Waals surface area (Å²) in [4.78, 5) is 11.8. The van der Waals surface area contributed by atoms with E-state index in [1.54, 1.807) is 11.8 Å². The Morgan fingerprint density at radius 1 is 1.17 bits per heavy atom. The Morgan fingerprint density at radius 3 is 2.50 bits per heavy atom. The van der Waals surface area contributed by atoms with Crippen LogP contribution >= 0.6 is 27.7 Å². The minimum absolute atomic E-state index is 0.0147. The van der Waals surface area contributed by atoms with Gasteiger partial charge < -0.3 is 4.74 Å². The molecule has 0 aliphatic rings. The van der Waals surface area contributed by atoms with Crippen LogP contribution in [0.25, 0.3) is 0 Å². The molecule has 0 fully saturated rings. The molecule has 0 aliphatic carbocycles. The van der Waals surface area contributed by atoms with Gasteiger partial charge in [-0.05, 0) is 31.9 Å². The molecule has 0 aromatic heterocycles. The van der Waals surface area contributed by atoms with Crippen molar-refractivity contribution >= 4 is 33.7 Å². The Hall–Kier alpha value is 0.300. The van der Waals surface area contributed by atoms with Crippen LogP contribution in [-0.4, -0.2) is 28.9 Å². The molecule has 1 unspecified atom stereocenters. The molecule has 1 atom stereocenters. The summed E-state index contributed by atoms with van der Waals surface area (Å²) in [6.07, 6.45) is 8.17. The molecule has 0 aliphatic heterocycles. The van der Waals surface area contributed by atoms with Crippen LogP contribution in [-0.2, 0) is 9.53 Å². The summed E-state index contributed by atoms with van der Waals surface area (Å²) in [5, 5.41) is 1.14. The number of carbonyl (C=O) groups excluding carboxylic acids is 1. The van der Waals surface area contributed by atoms with Gasteiger partial charge in [0.1, 0.15) is 5.25 Å². The van der Waals surface area contributed by atoms with Crippen molar-refractivity contribution in [1.29, 1.82) is 0 Å². The summed E-state index contributed by atoms with van der Waals surface area (Å²) >= 11 is 5.21. The van der Waals surface area contributed by atoms with E-state index in [0.29, 0.717) is 6.61 Å². The average Bonchev–Trinajstić information content (AvgIpc) is 2.37. The van der Waals surface area contributed by atoms with Crippen molar-refractivity contribution in [2.75, 3.05) is 17.7 Å². The zero-order chi connectivity index (χ0) is 13.6. The molecule has 0 heterocycles. The molecule has 0 bridgehead atoms. The Balaban J connectivity index is 3.84. The predicted molar refractivity (Wildman–Crippen MR) is 84.7 cm³/mol. The van der Waals surface area contributed by atoms with Gasteiger partial charge in [0.05, 0.1) is 6.61 Å². The zero-order valence-corrected chi connectivity index (χ0v) is 14.2. The minimum atomic E-state index is -0.0147. The van der Waals surface area contributed by atoms with Crippen LogP contribution in [0.15, 0.2) is 0 Å². The van der Waals surface area contributed by atoms with Crippen molar-refractivity contribution in [3.8, 4) is 0 Å². The second kappa shape index (κ2) is 13.7. The molecule has 0 amide bonds. The lowest BCUT2D eigenvalue weighted by atomic mass is 10.1. The van der Waals surface area contributed by atoms with Gasteiger partial charge in [-0.1, -0.05) is 48.5 Å². The highest BCUT2D eigenvalue weighted by molar-refractivity contribution is 9.09. The largest absolute Gasteiger partial charge is 0.465 e. The second-order valence-electron chi connectivity index (χ2n) is 4.36. The third kappa shape index (κ3) is 10.2. The molecule has 0 radical (unpaired) electrons. The van der Waals surface area contributed by atoms with E-state index in [9.17, 15) is 4.79 Å². The number of ether oxygens (including phenoxy) is 1. The van der Waals surface area contributed by atoms with E-state index >= 15 is 0 Å². The van der Waals surface area contributed by atoms with Gasteiger partial charge in [-0.3, -0.25) is 4.79 Å². The maximum atomic E-state index is 11.8. The highest BCUT2D eigenvalue weighted by atomic mass is 79.9. The van der Waals surface area contributed by atoms with E-state index in [2.05, 4.69) is 22.9 Å². The summed E-state index contributed by atoms with van der Waals surface area (Å²) in [6, 6.07) is 0. The SMILES string of the molecule is CCCCSC(CCCCCCBr)C(=O)OCC. The molecule has 0 aromatic carbocycles. The van der Waals surface area contributed by atoms with Gasteiger partial charge in [-0.25, -0.2) is 0 Å². The van der Waals surface area contributed by atoms with Crippen molar-refractivity contribution in [2.45, 2.75) is 64.0 Å². The number of carbonyl (C=O) groups is 1. The molecule has 0 N–H and O–H groups in total. The van der Waals surface area contributed by atoms with Crippen molar-refractivity contribution < 1.29 is 9.53 Å². The first kappa shape index (κ1) is 18.3. The first-order valence-electron chi connectivity index (χ1n) is 7.10. The van der Waals surface area contributed by atoms with E-state index in [0.717, 1.165) is 23.9 Å². The van der Waals surface area contributed by atoms with E-state index in [4.69, 9.17) is 4.74 Å². The van der Waals surface area contributed by atoms with Gasteiger partial charge in [-0.2, -0.15) is 0 Å². The summed E-state index contributed by atoms with van der Waals surface area (Å²) in [5.41, 5.74) is 0. The smallest absolute Gasteiger partial charge is 0.319 e. The molecule has 18 heavy (non-hydrogen) atoms. The number of thioether (sulfide) groups is 1. The Morgan fingerprint density at radius 2 is 1.89 bits per heavy atom. The van der Waals surface area contributed by atoms with E-state index in [-0.39, 0.29) is 11.2 Å². The van der Waals surface area contributed by atoms with Crippen LogP contribution in [0.2, 0.25) is 0 Å². The lowest BCUT2D eigenvalue weighted by Crippen LogP contribution is -2.20. The quantitative estimate of drug-likeness (QED) is 0.290. The fourth-order valence-corrected chi connectivity index (χ4v) is 3.33. The number of hydrogen-bond donors (Lipinski definition) is 0. The maximum absolute atomic E-state index is 11.8. The predicted octanol–water partition coefficient (Wildman–Crippen LogP) is 4.80. The first-order chi connectivity index (χ1) is 8.76. The van der Waals surface area contributed by atoms with E-state index in [1.165, 1.54) is 32.1 Å². The summed E-state index contributed by atoms with van der Waals surface area (Å²) in [6.45, 7) is 4.55. The van der Waals surface area contributed by atoms with Gasteiger partial charge in [0.25, 0.3) is 0 Å². The number of unbranched alkanes of at least 4 members (excludes halogenated alkanes) is 4. The van der Waals surface area contributed by atoms with Crippen molar-refractivity contribution in [3.63, 3.8) is 0 Å². The van der Waals surface area contributed by atoms with Crippen molar-refractivity contribution in [2.24, 2.45) is 0 Å². The van der Waals surface area contributed by atoms with Crippen molar-refractivity contribution in [3.05, 3.63) is 0 Å². The minimum Gasteiger partial charge on any atom is -0.465 e. The number of rotatable bonds is 12. The fourth-order valence-electron chi connectivity index (χ4n) is 1.65. The van der Waals surface area contributed by atoms with Crippen LogP contribution in [0, 0.1) is 0 Å². The third-order valence-electron chi connectivity index (χ3n) is 2.72. The molecule has 0 spiro atoms. The number of halogens is 1. The molecular weight excluding hydrogens is 312 g/mol. The lowest BCUT2D eigenvalue weighted by molar-refractivity contribution is -0.142. The van der Waals surface area contributed by atoms with Gasteiger partial charge in [-0.15, -0.1) is 11.8 Å². The van der Waals surface area contributed by atoms with Crippen LogP contribution in [0.1, 0.15) is 58.8 Å². The Labute approximate surface area is 125 Å². The highest BCUT2D eigenvalue weighted by Crippen LogP contribution is 2.21. The van der Waals surface area contributed by atoms with Crippen LogP contribution in [0.4, 0.5) is 0 Å². The molecule has 108 valence electrons. The number of alkyl halides is 1. The summed E-state index contributed by atoms with van der Waals surface area (Å²) < 4.78 is 5.15. The van der Waals surface area contributed by atoms with Crippen LogP contribution in [0.3, 0.4) is 0 Å². The lowest BCUT2D eigenvalue weighted by Gasteiger charge is -2.14. The fraction of sp³-hybridized carbons (Fsp3) is 0.929. The van der Waals surface area contributed by atoms with Crippen LogP contribution < -0.4 is 0 Å². The van der Waals surface area contributed by atoms with Gasteiger partial charge in [0.15, 0.2) is 0 Å². The van der Waals surface area contributed by atoms with E-state index < -0.39 is 0 Å². The van der Waals surface area contributed by atoms with Gasteiger partial charge in [0.2, 0.25) is 0 Å². The molecule has 2 nitrogen and oxygen atoms in total. The normalized spacial score (nSPS) is 12.4. The topological polar surface area (TPSA) is 26.3 Å². The monoisotopic (exact) mass is 338 g/mol. The van der Waals surface area contributed by atoms with Gasteiger partial charge in [0, 0.05) is 5.33 Å². The van der Waals surface area contributed by atoms with Crippen LogP contribution in [0.5, 0.6) is 0 Å². The van der Waals surface area contributed by atoms with Gasteiger partial charge >= 0.3 is 5.97 Å². The summed E-state index contributed by atoms with van der Waals surface area (Å²) in [5.74, 6) is 1.06. The second-order valence-corrected chi connectivity index (χ2v) is 6.46. The Kier molecular flexibility index (Phi) is 14.0. The molecule has 0 saturated heterocycles. The highest BCUT2D eigenvalue weighted by Gasteiger charge is 2.19. The Bertz CT molecular complexity index is 200. The van der Waals surface area contributed by atoms with E-state index in [1.807, 2.05) is 6.92 Å². The van der Waals surface area contributed by atoms with Crippen molar-refractivity contribution in [1.82, 2.24) is 0 Å². The third-order valence-corrected chi connectivity index (χ3v) is 4.63. The standard InChI is InChI=1S/C14H27BrO2S/c1-3-5-12-18-13(14(16)17-4-2)10-8-6-7-9-11-15/h13H,3-12H2,1-2H3. The number of esters is 1. The molecular formula is C14H27BrO2S. The first-order valence-corrected chi connectivity index (χ1v) is 9.27.